The molecule has 0 radical (unpaired) electrons. The lowest BCUT2D eigenvalue weighted by atomic mass is 10.1. The van der Waals surface area contributed by atoms with Crippen molar-refractivity contribution in [1.29, 1.82) is 0 Å². The highest BCUT2D eigenvalue weighted by Gasteiger charge is 2.35. The number of benzene rings is 1. The molecule has 2 aromatic rings. The first-order valence-electron chi connectivity index (χ1n) is 9.27. The Balaban J connectivity index is 1.39. The molecule has 1 aliphatic heterocycles. The maximum absolute atomic E-state index is 12.6. The van der Waals surface area contributed by atoms with Gasteiger partial charge in [0.25, 0.3) is 0 Å². The number of ether oxygens (including phenoxy) is 1. The number of carbonyl (C=O) groups is 3. The van der Waals surface area contributed by atoms with E-state index in [1.807, 2.05) is 6.07 Å². The number of nitrogens with one attached hydrogen (secondary N) is 1. The van der Waals surface area contributed by atoms with Crippen molar-refractivity contribution in [3.63, 3.8) is 0 Å². The van der Waals surface area contributed by atoms with Crippen LogP contribution in [0.25, 0.3) is 0 Å². The monoisotopic (exact) mass is 399 g/mol. The predicted molar refractivity (Wildman–Crippen MR) is 105 cm³/mol. The van der Waals surface area contributed by atoms with E-state index < -0.39 is 5.92 Å². The van der Waals surface area contributed by atoms with E-state index in [2.05, 4.69) is 27.2 Å². The SMILES string of the molecule is COC(=O)Cc1csc(NC(=O)C2CC(=O)N(c3ccc4c(c3)CCC4)C2)n1. The number of aromatic nitrogens is 1. The summed E-state index contributed by atoms with van der Waals surface area (Å²) < 4.78 is 4.61. The molecule has 1 saturated heterocycles. The minimum atomic E-state index is -0.422. The van der Waals surface area contributed by atoms with Crippen molar-refractivity contribution in [2.24, 2.45) is 5.92 Å². The van der Waals surface area contributed by atoms with E-state index in [9.17, 15) is 14.4 Å². The van der Waals surface area contributed by atoms with Gasteiger partial charge in [-0.1, -0.05) is 6.07 Å². The van der Waals surface area contributed by atoms with E-state index in [1.165, 1.54) is 29.6 Å². The lowest BCUT2D eigenvalue weighted by Crippen LogP contribution is -2.28. The van der Waals surface area contributed by atoms with Crippen LogP contribution in [-0.2, 0) is 38.4 Å². The molecule has 8 heteroatoms. The summed E-state index contributed by atoms with van der Waals surface area (Å²) in [4.78, 5) is 42.3. The number of hydrogen-bond donors (Lipinski definition) is 1. The van der Waals surface area contributed by atoms with Gasteiger partial charge in [-0.05, 0) is 42.5 Å². The summed E-state index contributed by atoms with van der Waals surface area (Å²) >= 11 is 1.25. The molecule has 1 unspecified atom stereocenters. The van der Waals surface area contributed by atoms with Crippen molar-refractivity contribution in [2.75, 3.05) is 23.9 Å². The van der Waals surface area contributed by atoms with Crippen molar-refractivity contribution < 1.29 is 19.1 Å². The zero-order valence-electron chi connectivity index (χ0n) is 15.6. The molecule has 146 valence electrons. The van der Waals surface area contributed by atoms with Crippen LogP contribution < -0.4 is 10.2 Å². The Morgan fingerprint density at radius 1 is 1.32 bits per heavy atom. The van der Waals surface area contributed by atoms with Gasteiger partial charge in [-0.25, -0.2) is 4.98 Å². The zero-order chi connectivity index (χ0) is 19.7. The Bertz CT molecular complexity index is 939. The summed E-state index contributed by atoms with van der Waals surface area (Å²) in [5.74, 6) is -1.07. The molecule has 2 amide bonds. The summed E-state index contributed by atoms with van der Waals surface area (Å²) in [7, 11) is 1.32. The third-order valence-electron chi connectivity index (χ3n) is 5.22. The Morgan fingerprint density at radius 2 is 2.14 bits per heavy atom. The van der Waals surface area contributed by atoms with Gasteiger partial charge >= 0.3 is 5.97 Å². The highest BCUT2D eigenvalue weighted by atomic mass is 32.1. The van der Waals surface area contributed by atoms with Gasteiger partial charge in [0.2, 0.25) is 11.8 Å². The standard InChI is InChI=1S/C20H21N3O4S/c1-27-18(25)9-15-11-28-20(21-15)22-19(26)14-8-17(24)23(10-14)16-6-5-12-3-2-4-13(12)7-16/h5-7,11,14H,2-4,8-10H2,1H3,(H,21,22,26). The Morgan fingerprint density at radius 3 is 2.96 bits per heavy atom. The molecule has 0 bridgehead atoms. The molecule has 4 rings (SSSR count). The number of carbonyl (C=O) groups excluding carboxylic acids is 3. The third kappa shape index (κ3) is 3.77. The first kappa shape index (κ1) is 18.6. The quantitative estimate of drug-likeness (QED) is 0.780. The minimum absolute atomic E-state index is 0.0383. The molecule has 28 heavy (non-hydrogen) atoms. The maximum Gasteiger partial charge on any atom is 0.311 e. The lowest BCUT2D eigenvalue weighted by Gasteiger charge is -2.17. The fourth-order valence-corrected chi connectivity index (χ4v) is 4.45. The number of fused-ring (bicyclic) bond motifs is 1. The van der Waals surface area contributed by atoms with Crippen LogP contribution in [-0.4, -0.2) is 36.4 Å². The van der Waals surface area contributed by atoms with Crippen molar-refractivity contribution >= 4 is 39.9 Å². The predicted octanol–water partition coefficient (Wildman–Crippen LogP) is 2.34. The van der Waals surface area contributed by atoms with Gasteiger partial charge in [-0.15, -0.1) is 11.3 Å². The smallest absolute Gasteiger partial charge is 0.311 e. The Kier molecular flexibility index (Phi) is 5.13. The molecule has 1 aromatic heterocycles. The van der Waals surface area contributed by atoms with Gasteiger partial charge in [0, 0.05) is 24.0 Å². The summed E-state index contributed by atoms with van der Waals surface area (Å²) in [5.41, 5.74) is 4.08. The van der Waals surface area contributed by atoms with Crippen LogP contribution in [0.1, 0.15) is 29.7 Å². The molecule has 1 aliphatic carbocycles. The highest BCUT2D eigenvalue weighted by Crippen LogP contribution is 2.31. The molecule has 2 aliphatic rings. The average Bonchev–Trinajstić information content (AvgIpc) is 3.40. The van der Waals surface area contributed by atoms with Gasteiger partial charge < -0.3 is 15.0 Å². The van der Waals surface area contributed by atoms with Crippen LogP contribution in [0.2, 0.25) is 0 Å². The molecule has 1 aromatic carbocycles. The number of thiazole rings is 1. The summed E-state index contributed by atoms with van der Waals surface area (Å²) in [6, 6.07) is 6.15. The van der Waals surface area contributed by atoms with Gasteiger partial charge in [-0.2, -0.15) is 0 Å². The second kappa shape index (κ2) is 7.71. The van der Waals surface area contributed by atoms with Crippen molar-refractivity contribution in [3.8, 4) is 0 Å². The van der Waals surface area contributed by atoms with E-state index in [0.717, 1.165) is 24.9 Å². The molecule has 7 nitrogen and oxygen atoms in total. The topological polar surface area (TPSA) is 88.6 Å². The first-order chi connectivity index (χ1) is 13.5. The Hall–Kier alpha value is -2.74. The number of anilines is 2. The number of nitrogens with zero attached hydrogens (tertiary/aromatic N) is 2. The van der Waals surface area contributed by atoms with Crippen molar-refractivity contribution in [2.45, 2.75) is 32.1 Å². The molecule has 1 atom stereocenters. The number of methoxy groups -OCH3 is 1. The largest absolute Gasteiger partial charge is 0.469 e. The summed E-state index contributed by atoms with van der Waals surface area (Å²) in [6.45, 7) is 0.365. The molecule has 1 N–H and O–H groups in total. The van der Waals surface area contributed by atoms with Crippen molar-refractivity contribution in [3.05, 3.63) is 40.4 Å². The second-order valence-electron chi connectivity index (χ2n) is 7.10. The molecule has 0 spiro atoms. The summed E-state index contributed by atoms with van der Waals surface area (Å²) in [5, 5.41) is 4.90. The number of amides is 2. The van der Waals surface area contributed by atoms with Crippen LogP contribution in [0, 0.1) is 5.92 Å². The summed E-state index contributed by atoms with van der Waals surface area (Å²) in [6.07, 6.45) is 3.55. The zero-order valence-corrected chi connectivity index (χ0v) is 16.4. The number of hydrogen-bond acceptors (Lipinski definition) is 6. The van der Waals surface area contributed by atoms with Crippen LogP contribution in [0.4, 0.5) is 10.8 Å². The normalized spacial score (nSPS) is 18.2. The lowest BCUT2D eigenvalue weighted by molar-refractivity contribution is -0.139. The van der Waals surface area contributed by atoms with Crippen LogP contribution in [0.15, 0.2) is 23.6 Å². The van der Waals surface area contributed by atoms with E-state index >= 15 is 0 Å². The van der Waals surface area contributed by atoms with Crippen molar-refractivity contribution in [1.82, 2.24) is 4.98 Å². The molecular formula is C20H21N3O4S. The fourth-order valence-electron chi connectivity index (χ4n) is 3.73. The van der Waals surface area contributed by atoms with Gasteiger partial charge in [-0.3, -0.25) is 14.4 Å². The number of aryl methyl sites for hydroxylation is 2. The molecule has 1 fully saturated rings. The van der Waals surface area contributed by atoms with E-state index in [4.69, 9.17) is 0 Å². The van der Waals surface area contributed by atoms with Crippen LogP contribution in [0.5, 0.6) is 0 Å². The van der Waals surface area contributed by atoms with Gasteiger partial charge in [0.1, 0.15) is 0 Å². The third-order valence-corrected chi connectivity index (χ3v) is 6.03. The van der Waals surface area contributed by atoms with Gasteiger partial charge in [0.15, 0.2) is 5.13 Å². The molecule has 2 heterocycles. The van der Waals surface area contributed by atoms with E-state index in [0.29, 0.717) is 17.4 Å². The van der Waals surface area contributed by atoms with Crippen LogP contribution in [0.3, 0.4) is 0 Å². The highest BCUT2D eigenvalue weighted by molar-refractivity contribution is 7.13. The number of rotatable bonds is 5. The van der Waals surface area contributed by atoms with Gasteiger partial charge in [0.05, 0.1) is 25.1 Å². The second-order valence-corrected chi connectivity index (χ2v) is 7.96. The first-order valence-corrected chi connectivity index (χ1v) is 10.2. The maximum atomic E-state index is 12.6. The van der Waals surface area contributed by atoms with E-state index in [-0.39, 0.29) is 30.6 Å². The fraction of sp³-hybridized carbons (Fsp3) is 0.400. The average molecular weight is 399 g/mol. The van der Waals surface area contributed by atoms with Crippen LogP contribution >= 0.6 is 11.3 Å². The molecule has 0 saturated carbocycles. The Labute approximate surface area is 166 Å². The van der Waals surface area contributed by atoms with E-state index in [1.54, 1.807) is 10.3 Å². The number of esters is 1. The minimum Gasteiger partial charge on any atom is -0.469 e. The molecular weight excluding hydrogens is 378 g/mol.